The van der Waals surface area contributed by atoms with Crippen molar-refractivity contribution in [3.05, 3.63) is 24.6 Å². The van der Waals surface area contributed by atoms with E-state index >= 15 is 0 Å². The molecule has 64 valence electrons. The zero-order valence-electron chi connectivity index (χ0n) is 7.48. The monoisotopic (exact) mass is 154 g/mol. The predicted octanol–water partition coefficient (Wildman–Crippen LogP) is 1.62. The highest BCUT2D eigenvalue weighted by atomic mass is 14.9. The van der Waals surface area contributed by atoms with Gasteiger partial charge in [-0.25, -0.2) is 0 Å². The van der Waals surface area contributed by atoms with Crippen LogP contribution in [0.2, 0.25) is 0 Å². The van der Waals surface area contributed by atoms with Gasteiger partial charge in [-0.15, -0.1) is 0 Å². The van der Waals surface area contributed by atoms with Crippen molar-refractivity contribution in [1.29, 1.82) is 0 Å². The normalized spacial score (nSPS) is 10.9. The van der Waals surface area contributed by atoms with Gasteiger partial charge in [0.1, 0.15) is 0 Å². The minimum atomic E-state index is 0.847. The lowest BCUT2D eigenvalue weighted by molar-refractivity contribution is 0.729. The van der Waals surface area contributed by atoms with E-state index in [2.05, 4.69) is 30.2 Å². The van der Waals surface area contributed by atoms with Crippen LogP contribution >= 0.6 is 0 Å². The van der Waals surface area contributed by atoms with Gasteiger partial charge >= 0.3 is 0 Å². The van der Waals surface area contributed by atoms with Crippen molar-refractivity contribution < 1.29 is 0 Å². The average Bonchev–Trinajstić information content (AvgIpc) is 2.05. The molecule has 0 atom stereocenters. The van der Waals surface area contributed by atoms with Crippen molar-refractivity contribution >= 4 is 0 Å². The van der Waals surface area contributed by atoms with Crippen molar-refractivity contribution in [1.82, 2.24) is 10.6 Å². The third-order valence-corrected chi connectivity index (χ3v) is 1.39. The van der Waals surface area contributed by atoms with Gasteiger partial charge in [0, 0.05) is 12.2 Å². The Hall–Kier alpha value is -0.920. The van der Waals surface area contributed by atoms with Crippen LogP contribution < -0.4 is 10.6 Å². The first-order valence-electron chi connectivity index (χ1n) is 4.08. The second kappa shape index (κ2) is 7.19. The first-order chi connectivity index (χ1) is 5.35. The zero-order valence-corrected chi connectivity index (χ0v) is 7.48. The molecule has 0 saturated carbocycles. The zero-order chi connectivity index (χ0) is 8.53. The molecule has 2 N–H and O–H groups in total. The number of rotatable bonds is 6. The Morgan fingerprint density at radius 1 is 1.55 bits per heavy atom. The molecule has 11 heavy (non-hydrogen) atoms. The first kappa shape index (κ1) is 10.1. The van der Waals surface area contributed by atoms with Crippen LogP contribution in [-0.4, -0.2) is 13.1 Å². The Kier molecular flexibility index (Phi) is 6.59. The summed E-state index contributed by atoms with van der Waals surface area (Å²) < 4.78 is 0. The largest absolute Gasteiger partial charge is 0.387 e. The Balaban J connectivity index is 3.50. The molecule has 0 aliphatic carbocycles. The maximum Gasteiger partial charge on any atom is 0.0538 e. The van der Waals surface area contributed by atoms with Gasteiger partial charge < -0.3 is 10.6 Å². The van der Waals surface area contributed by atoms with Crippen molar-refractivity contribution in [3.8, 4) is 0 Å². The summed E-state index contributed by atoms with van der Waals surface area (Å²) in [5.74, 6) is 0. The molecule has 2 nitrogen and oxygen atoms in total. The average molecular weight is 154 g/mol. The molecule has 0 aromatic carbocycles. The maximum absolute atomic E-state index is 3.58. The highest BCUT2D eigenvalue weighted by Gasteiger charge is 1.89. The van der Waals surface area contributed by atoms with Crippen molar-refractivity contribution in [2.24, 2.45) is 0 Å². The molecule has 2 heteroatoms. The van der Waals surface area contributed by atoms with E-state index in [1.54, 1.807) is 6.20 Å². The van der Waals surface area contributed by atoms with E-state index in [1.807, 2.05) is 6.92 Å². The molecule has 0 amide bonds. The Morgan fingerprint density at radius 3 is 2.73 bits per heavy atom. The lowest BCUT2D eigenvalue weighted by Crippen LogP contribution is -2.22. The van der Waals surface area contributed by atoms with Gasteiger partial charge in [-0.05, 0) is 19.5 Å². The second-order valence-corrected chi connectivity index (χ2v) is 2.33. The van der Waals surface area contributed by atoms with E-state index < -0.39 is 0 Å². The van der Waals surface area contributed by atoms with E-state index in [4.69, 9.17) is 0 Å². The van der Waals surface area contributed by atoms with Crippen molar-refractivity contribution in [2.45, 2.75) is 20.3 Å². The summed E-state index contributed by atoms with van der Waals surface area (Å²) in [5, 5.41) is 6.35. The van der Waals surface area contributed by atoms with E-state index in [0.29, 0.717) is 0 Å². The number of hydrogen-bond donors (Lipinski definition) is 2. The minimum Gasteiger partial charge on any atom is -0.387 e. The van der Waals surface area contributed by atoms with E-state index in [0.717, 1.165) is 19.5 Å². The van der Waals surface area contributed by atoms with Crippen molar-refractivity contribution in [3.63, 3.8) is 0 Å². The highest BCUT2D eigenvalue weighted by molar-refractivity contribution is 5.00. The summed E-state index contributed by atoms with van der Waals surface area (Å²) in [6, 6.07) is 0. The quantitative estimate of drug-likeness (QED) is 0.607. The fourth-order valence-corrected chi connectivity index (χ4v) is 0.734. The fraction of sp³-hybridized carbons (Fsp3) is 0.556. The van der Waals surface area contributed by atoms with E-state index in [1.165, 1.54) is 5.70 Å². The lowest BCUT2D eigenvalue weighted by atomic mass is 10.3. The standard InChI is InChI=1S/C9H18N2/c1-4-7-11-9(5-2)8-10-6-3/h5-6,10-11H,3-4,7-8H2,1-2H3/b9-5+. The van der Waals surface area contributed by atoms with Gasteiger partial charge in [0.15, 0.2) is 0 Å². The number of hydrogen-bond acceptors (Lipinski definition) is 2. The smallest absolute Gasteiger partial charge is 0.0538 e. The summed E-state index contributed by atoms with van der Waals surface area (Å²) in [4.78, 5) is 0. The lowest BCUT2D eigenvalue weighted by Gasteiger charge is -2.08. The molecule has 0 fully saturated rings. The molecule has 0 bridgehead atoms. The minimum absolute atomic E-state index is 0.847. The molecule has 0 aliphatic heterocycles. The van der Waals surface area contributed by atoms with Gasteiger partial charge in [0.2, 0.25) is 0 Å². The molecular formula is C9H18N2. The molecule has 0 aliphatic rings. The van der Waals surface area contributed by atoms with E-state index in [-0.39, 0.29) is 0 Å². The first-order valence-corrected chi connectivity index (χ1v) is 4.08. The predicted molar refractivity (Wildman–Crippen MR) is 50.3 cm³/mol. The third kappa shape index (κ3) is 5.52. The number of allylic oxidation sites excluding steroid dienone is 1. The molecule has 0 spiro atoms. The second-order valence-electron chi connectivity index (χ2n) is 2.33. The topological polar surface area (TPSA) is 24.1 Å². The Labute approximate surface area is 69.4 Å². The Morgan fingerprint density at radius 2 is 2.27 bits per heavy atom. The molecule has 0 aromatic rings. The number of nitrogens with one attached hydrogen (secondary N) is 2. The molecule has 0 radical (unpaired) electrons. The summed E-state index contributed by atoms with van der Waals surface area (Å²) >= 11 is 0. The van der Waals surface area contributed by atoms with Crippen LogP contribution in [0.25, 0.3) is 0 Å². The Bertz CT molecular complexity index is 128. The third-order valence-electron chi connectivity index (χ3n) is 1.39. The molecule has 0 aromatic heterocycles. The van der Waals surface area contributed by atoms with Crippen LogP contribution in [-0.2, 0) is 0 Å². The van der Waals surface area contributed by atoms with Crippen LogP contribution in [0.5, 0.6) is 0 Å². The summed E-state index contributed by atoms with van der Waals surface area (Å²) in [5.41, 5.74) is 1.23. The molecule has 0 saturated heterocycles. The highest BCUT2D eigenvalue weighted by Crippen LogP contribution is 1.86. The van der Waals surface area contributed by atoms with Crippen LogP contribution in [0.1, 0.15) is 20.3 Å². The van der Waals surface area contributed by atoms with Gasteiger partial charge in [0.05, 0.1) is 6.54 Å². The molecular weight excluding hydrogens is 136 g/mol. The molecule has 0 unspecified atom stereocenters. The summed E-state index contributed by atoms with van der Waals surface area (Å²) in [6.07, 6.45) is 4.94. The van der Waals surface area contributed by atoms with Crippen LogP contribution in [0.15, 0.2) is 24.6 Å². The summed E-state index contributed by atoms with van der Waals surface area (Å²) in [7, 11) is 0. The molecule has 0 rings (SSSR count). The molecule has 0 heterocycles. The van der Waals surface area contributed by atoms with Gasteiger partial charge in [-0.3, -0.25) is 0 Å². The van der Waals surface area contributed by atoms with E-state index in [9.17, 15) is 0 Å². The van der Waals surface area contributed by atoms with Crippen LogP contribution in [0.4, 0.5) is 0 Å². The SMILES string of the molecule is C=CNC/C(=C\C)NCCC. The summed E-state index contributed by atoms with van der Waals surface area (Å²) in [6.45, 7) is 9.65. The van der Waals surface area contributed by atoms with Gasteiger partial charge in [-0.2, -0.15) is 0 Å². The van der Waals surface area contributed by atoms with Gasteiger partial charge in [0.25, 0.3) is 0 Å². The van der Waals surface area contributed by atoms with Crippen LogP contribution in [0.3, 0.4) is 0 Å². The van der Waals surface area contributed by atoms with Crippen molar-refractivity contribution in [2.75, 3.05) is 13.1 Å². The fourth-order valence-electron chi connectivity index (χ4n) is 0.734. The van der Waals surface area contributed by atoms with Crippen LogP contribution in [0, 0.1) is 0 Å². The van der Waals surface area contributed by atoms with Gasteiger partial charge in [-0.1, -0.05) is 19.6 Å². The maximum atomic E-state index is 3.58.